The smallest absolute Gasteiger partial charge is 0.261 e. The number of amides is 2. The Labute approximate surface area is 99.6 Å². The van der Waals surface area contributed by atoms with Gasteiger partial charge in [0.25, 0.3) is 11.8 Å². The number of imide groups is 1. The second-order valence-electron chi connectivity index (χ2n) is 3.96. The molecule has 1 aliphatic heterocycles. The van der Waals surface area contributed by atoms with E-state index in [-0.39, 0.29) is 17.9 Å². The van der Waals surface area contributed by atoms with Crippen molar-refractivity contribution in [2.75, 3.05) is 12.4 Å². The third-order valence-electron chi connectivity index (χ3n) is 2.72. The van der Waals surface area contributed by atoms with Crippen LogP contribution in [-0.4, -0.2) is 29.8 Å². The van der Waals surface area contributed by atoms with Crippen LogP contribution >= 0.6 is 0 Å². The summed E-state index contributed by atoms with van der Waals surface area (Å²) in [6, 6.07) is 4.92. The highest BCUT2D eigenvalue weighted by Gasteiger charge is 2.32. The van der Waals surface area contributed by atoms with Crippen molar-refractivity contribution in [1.82, 2.24) is 4.90 Å². The average molecular weight is 228 g/mol. The molecule has 1 atom stereocenters. The van der Waals surface area contributed by atoms with Crippen LogP contribution < -0.4 is 5.32 Å². The number of carbonyl (C=O) groups excluding carboxylic acids is 2. The zero-order valence-corrected chi connectivity index (χ0v) is 9.65. The van der Waals surface area contributed by atoms with Gasteiger partial charge in [0.15, 0.2) is 0 Å². The van der Waals surface area contributed by atoms with Crippen molar-refractivity contribution in [2.24, 2.45) is 0 Å². The van der Waals surface area contributed by atoms with Gasteiger partial charge in [-0.05, 0) is 25.1 Å². The van der Waals surface area contributed by atoms with Crippen LogP contribution in [0.5, 0.6) is 0 Å². The fraction of sp³-hybridized carbons (Fsp3) is 0.231. The summed E-state index contributed by atoms with van der Waals surface area (Å²) in [5.41, 5.74) is 1.61. The van der Waals surface area contributed by atoms with E-state index in [4.69, 9.17) is 6.42 Å². The Balaban J connectivity index is 2.37. The number of rotatable bonds is 2. The quantitative estimate of drug-likeness (QED) is 0.614. The number of terminal acetylenes is 1. The van der Waals surface area contributed by atoms with Crippen LogP contribution in [0.2, 0.25) is 0 Å². The first-order chi connectivity index (χ1) is 8.04. The Morgan fingerprint density at radius 3 is 2.59 bits per heavy atom. The van der Waals surface area contributed by atoms with Crippen LogP contribution in [0.4, 0.5) is 5.69 Å². The van der Waals surface area contributed by atoms with Gasteiger partial charge < -0.3 is 5.32 Å². The van der Waals surface area contributed by atoms with Crippen LogP contribution in [0.15, 0.2) is 18.2 Å². The molecule has 4 nitrogen and oxygen atoms in total. The highest BCUT2D eigenvalue weighted by molar-refractivity contribution is 6.21. The molecular formula is C13H12N2O2. The Hall–Kier alpha value is -2.28. The van der Waals surface area contributed by atoms with Crippen molar-refractivity contribution >= 4 is 17.5 Å². The van der Waals surface area contributed by atoms with E-state index in [1.165, 1.54) is 7.05 Å². The van der Waals surface area contributed by atoms with Crippen LogP contribution in [-0.2, 0) is 0 Å². The molecule has 17 heavy (non-hydrogen) atoms. The van der Waals surface area contributed by atoms with Crippen LogP contribution in [0.25, 0.3) is 0 Å². The molecule has 2 amide bonds. The van der Waals surface area contributed by atoms with Crippen molar-refractivity contribution in [3.8, 4) is 12.3 Å². The van der Waals surface area contributed by atoms with Crippen molar-refractivity contribution in [3.63, 3.8) is 0 Å². The molecule has 86 valence electrons. The molecule has 0 fully saturated rings. The van der Waals surface area contributed by atoms with E-state index < -0.39 is 0 Å². The number of nitrogens with one attached hydrogen (secondary N) is 1. The Morgan fingerprint density at radius 2 is 1.94 bits per heavy atom. The van der Waals surface area contributed by atoms with Gasteiger partial charge in [-0.25, -0.2) is 0 Å². The Kier molecular flexibility index (Phi) is 2.60. The highest BCUT2D eigenvalue weighted by atomic mass is 16.2. The van der Waals surface area contributed by atoms with Crippen molar-refractivity contribution in [1.29, 1.82) is 0 Å². The van der Waals surface area contributed by atoms with E-state index in [0.29, 0.717) is 11.1 Å². The minimum absolute atomic E-state index is 0.127. The van der Waals surface area contributed by atoms with Gasteiger partial charge in [0.2, 0.25) is 0 Å². The molecule has 2 rings (SSSR count). The van der Waals surface area contributed by atoms with E-state index in [0.717, 1.165) is 10.6 Å². The predicted octanol–water partition coefficient (Wildman–Crippen LogP) is 1.35. The molecule has 0 radical (unpaired) electrons. The van der Waals surface area contributed by atoms with Gasteiger partial charge in [-0.3, -0.25) is 14.5 Å². The molecule has 0 aliphatic carbocycles. The van der Waals surface area contributed by atoms with Gasteiger partial charge in [0.05, 0.1) is 17.2 Å². The Morgan fingerprint density at radius 1 is 1.29 bits per heavy atom. The maximum atomic E-state index is 11.8. The summed E-state index contributed by atoms with van der Waals surface area (Å²) in [6.07, 6.45) is 5.26. The molecule has 1 unspecified atom stereocenters. The van der Waals surface area contributed by atoms with E-state index >= 15 is 0 Å². The van der Waals surface area contributed by atoms with Crippen molar-refractivity contribution in [2.45, 2.75) is 13.0 Å². The maximum Gasteiger partial charge on any atom is 0.261 e. The average Bonchev–Trinajstić information content (AvgIpc) is 2.54. The zero-order valence-electron chi connectivity index (χ0n) is 9.65. The Bertz CT molecular complexity index is 543. The van der Waals surface area contributed by atoms with Gasteiger partial charge in [-0.1, -0.05) is 5.92 Å². The lowest BCUT2D eigenvalue weighted by atomic mass is 10.1. The first-order valence-corrected chi connectivity index (χ1v) is 5.23. The SMILES string of the molecule is C#CC(C)Nc1ccc2c(c1)C(=O)N(C)C2=O. The van der Waals surface area contributed by atoms with Crippen molar-refractivity contribution in [3.05, 3.63) is 29.3 Å². The van der Waals surface area contributed by atoms with E-state index in [9.17, 15) is 9.59 Å². The molecule has 0 bridgehead atoms. The van der Waals surface area contributed by atoms with Gasteiger partial charge in [-0.2, -0.15) is 0 Å². The molecule has 1 aromatic rings. The summed E-state index contributed by atoms with van der Waals surface area (Å²) in [5, 5.41) is 3.05. The van der Waals surface area contributed by atoms with Gasteiger partial charge in [-0.15, -0.1) is 6.42 Å². The summed E-state index contributed by atoms with van der Waals surface area (Å²) >= 11 is 0. The summed E-state index contributed by atoms with van der Waals surface area (Å²) in [5.74, 6) is 2.00. The number of benzene rings is 1. The number of fused-ring (bicyclic) bond motifs is 1. The normalized spacial score (nSPS) is 15.5. The molecule has 0 aromatic heterocycles. The topological polar surface area (TPSA) is 49.4 Å². The van der Waals surface area contributed by atoms with Crippen LogP contribution in [0, 0.1) is 12.3 Å². The van der Waals surface area contributed by atoms with Gasteiger partial charge in [0, 0.05) is 12.7 Å². The second-order valence-corrected chi connectivity index (χ2v) is 3.96. The molecule has 0 saturated heterocycles. The standard InChI is InChI=1S/C13H12N2O2/c1-4-8(2)14-9-5-6-10-11(7-9)13(17)15(3)12(10)16/h1,5-8,14H,2-3H3. The summed E-state index contributed by atoms with van der Waals surface area (Å²) in [7, 11) is 1.47. The van der Waals surface area contributed by atoms with Crippen LogP contribution in [0.3, 0.4) is 0 Å². The molecule has 0 saturated carbocycles. The summed E-state index contributed by atoms with van der Waals surface area (Å²) < 4.78 is 0. The van der Waals surface area contributed by atoms with Gasteiger partial charge in [0.1, 0.15) is 0 Å². The minimum Gasteiger partial charge on any atom is -0.372 e. The highest BCUT2D eigenvalue weighted by Crippen LogP contribution is 2.24. The first kappa shape index (κ1) is 11.2. The third-order valence-corrected chi connectivity index (χ3v) is 2.72. The van der Waals surface area contributed by atoms with E-state index in [1.54, 1.807) is 18.2 Å². The number of anilines is 1. The third kappa shape index (κ3) is 1.76. The molecule has 1 heterocycles. The summed E-state index contributed by atoms with van der Waals surface area (Å²) in [6.45, 7) is 1.84. The number of hydrogen-bond donors (Lipinski definition) is 1. The molecule has 0 spiro atoms. The lowest BCUT2D eigenvalue weighted by Gasteiger charge is -2.09. The minimum atomic E-state index is -0.276. The summed E-state index contributed by atoms with van der Waals surface area (Å²) in [4.78, 5) is 24.5. The molecule has 1 aliphatic rings. The lowest BCUT2D eigenvalue weighted by molar-refractivity contribution is 0.0693. The largest absolute Gasteiger partial charge is 0.372 e. The van der Waals surface area contributed by atoms with Crippen LogP contribution in [0.1, 0.15) is 27.6 Å². The fourth-order valence-corrected chi connectivity index (χ4v) is 1.74. The molecule has 4 heteroatoms. The maximum absolute atomic E-state index is 11.8. The predicted molar refractivity (Wildman–Crippen MR) is 64.8 cm³/mol. The molecule has 1 N–H and O–H groups in total. The molecular weight excluding hydrogens is 216 g/mol. The van der Waals surface area contributed by atoms with Crippen molar-refractivity contribution < 1.29 is 9.59 Å². The monoisotopic (exact) mass is 228 g/mol. The zero-order chi connectivity index (χ0) is 12.6. The number of hydrogen-bond acceptors (Lipinski definition) is 3. The van der Waals surface area contributed by atoms with Gasteiger partial charge >= 0.3 is 0 Å². The van der Waals surface area contributed by atoms with E-state index in [1.807, 2.05) is 6.92 Å². The van der Waals surface area contributed by atoms with E-state index in [2.05, 4.69) is 11.2 Å². The molecule has 1 aromatic carbocycles. The second kappa shape index (κ2) is 3.95. The number of nitrogens with zero attached hydrogens (tertiary/aromatic N) is 1. The lowest BCUT2D eigenvalue weighted by Crippen LogP contribution is -2.24. The fourth-order valence-electron chi connectivity index (χ4n) is 1.74. The first-order valence-electron chi connectivity index (χ1n) is 5.23. The number of carbonyl (C=O) groups is 2.